The number of halogens is 1. The molecule has 0 spiro atoms. The molecule has 1 aromatic carbocycles. The molecule has 4 rings (SSSR count). The molecule has 2 heterocycles. The Hall–Kier alpha value is -3.36. The molecular weight excluding hydrogens is 387 g/mol. The number of nitrogens with one attached hydrogen (secondary N) is 1. The van der Waals surface area contributed by atoms with Crippen LogP contribution in [0, 0.1) is 5.82 Å². The first kappa shape index (κ1) is 19.9. The van der Waals surface area contributed by atoms with Gasteiger partial charge in [-0.25, -0.2) is 14.2 Å². The van der Waals surface area contributed by atoms with Gasteiger partial charge in [0.2, 0.25) is 0 Å². The van der Waals surface area contributed by atoms with Crippen LogP contribution in [-0.4, -0.2) is 42.5 Å². The molecule has 1 N–H and O–H groups in total. The van der Waals surface area contributed by atoms with Gasteiger partial charge in [0.15, 0.2) is 5.82 Å². The minimum Gasteiger partial charge on any atom is -0.444 e. The molecule has 1 fully saturated rings. The van der Waals surface area contributed by atoms with Gasteiger partial charge in [-0.15, -0.1) is 10.2 Å². The highest BCUT2D eigenvalue weighted by Gasteiger charge is 2.37. The number of alkyl carbamates (subject to hydrolysis) is 1. The van der Waals surface area contributed by atoms with Crippen molar-refractivity contribution < 1.29 is 13.9 Å². The van der Waals surface area contributed by atoms with E-state index in [9.17, 15) is 9.18 Å². The van der Waals surface area contributed by atoms with E-state index < -0.39 is 11.7 Å². The number of carbonyl (C=O) groups excluding carboxylic acids is 1. The topological polar surface area (TPSA) is 94.8 Å². The Balaban J connectivity index is 1.59. The van der Waals surface area contributed by atoms with Crippen molar-refractivity contribution in [1.82, 2.24) is 30.0 Å². The van der Waals surface area contributed by atoms with Crippen molar-refractivity contribution in [3.8, 4) is 17.2 Å². The smallest absolute Gasteiger partial charge is 0.407 e. The van der Waals surface area contributed by atoms with E-state index in [2.05, 4.69) is 25.5 Å². The summed E-state index contributed by atoms with van der Waals surface area (Å²) in [5.74, 6) is 0.684. The third kappa shape index (κ3) is 4.14. The molecule has 2 aromatic heterocycles. The van der Waals surface area contributed by atoms with E-state index in [0.717, 1.165) is 0 Å². The number of benzene rings is 1. The van der Waals surface area contributed by atoms with Crippen LogP contribution in [0.2, 0.25) is 0 Å². The van der Waals surface area contributed by atoms with E-state index in [1.54, 1.807) is 41.4 Å². The molecule has 0 aliphatic heterocycles. The average molecular weight is 410 g/mol. The Labute approximate surface area is 173 Å². The largest absolute Gasteiger partial charge is 0.444 e. The maximum atomic E-state index is 14.6. The van der Waals surface area contributed by atoms with Crippen LogP contribution in [0.4, 0.5) is 9.18 Å². The Morgan fingerprint density at radius 1 is 1.20 bits per heavy atom. The summed E-state index contributed by atoms with van der Waals surface area (Å²) in [5.41, 5.74) is 0.299. The van der Waals surface area contributed by atoms with Crippen molar-refractivity contribution in [2.45, 2.75) is 51.2 Å². The fourth-order valence-electron chi connectivity index (χ4n) is 3.43. The lowest BCUT2D eigenvalue weighted by molar-refractivity contribution is 0.0469. The van der Waals surface area contributed by atoms with Crippen molar-refractivity contribution in [2.24, 2.45) is 0 Å². The SMILES string of the molecule is CC(C)(C)OC(=O)NC1CC(c2nnc(-c3cnccn3)n2-c2ccccc2F)C1. The summed E-state index contributed by atoms with van der Waals surface area (Å²) >= 11 is 0. The van der Waals surface area contributed by atoms with Crippen molar-refractivity contribution >= 4 is 6.09 Å². The summed E-state index contributed by atoms with van der Waals surface area (Å²) in [6, 6.07) is 6.44. The number of ether oxygens (including phenoxy) is 1. The van der Waals surface area contributed by atoms with E-state index in [-0.39, 0.29) is 17.8 Å². The Morgan fingerprint density at radius 3 is 2.63 bits per heavy atom. The van der Waals surface area contributed by atoms with E-state index in [4.69, 9.17) is 4.74 Å². The monoisotopic (exact) mass is 410 g/mol. The number of hydrogen-bond donors (Lipinski definition) is 1. The van der Waals surface area contributed by atoms with Crippen LogP contribution in [-0.2, 0) is 4.74 Å². The predicted octanol–water partition coefficient (Wildman–Crippen LogP) is 3.63. The number of para-hydroxylation sites is 1. The van der Waals surface area contributed by atoms with Crippen LogP contribution in [0.1, 0.15) is 45.4 Å². The van der Waals surface area contributed by atoms with Gasteiger partial charge in [-0.2, -0.15) is 0 Å². The van der Waals surface area contributed by atoms with Gasteiger partial charge in [0, 0.05) is 24.4 Å². The maximum Gasteiger partial charge on any atom is 0.407 e. The summed E-state index contributed by atoms with van der Waals surface area (Å²) in [4.78, 5) is 20.4. The van der Waals surface area contributed by atoms with Crippen molar-refractivity contribution in [2.75, 3.05) is 0 Å². The molecule has 0 atom stereocenters. The van der Waals surface area contributed by atoms with Crippen LogP contribution >= 0.6 is 0 Å². The minimum absolute atomic E-state index is 0.0162. The average Bonchev–Trinajstić information content (AvgIpc) is 3.08. The minimum atomic E-state index is -0.552. The standard InChI is InChI=1S/C21H23FN6O2/c1-21(2,3)30-20(29)25-14-10-13(11-14)18-26-27-19(16-12-23-8-9-24-16)28(18)17-7-5-4-6-15(17)22/h4-9,12-14H,10-11H2,1-3H3,(H,25,29). The highest BCUT2D eigenvalue weighted by molar-refractivity contribution is 5.68. The zero-order valence-corrected chi connectivity index (χ0v) is 17.0. The fraction of sp³-hybridized carbons (Fsp3) is 0.381. The van der Waals surface area contributed by atoms with Crippen molar-refractivity contribution in [1.29, 1.82) is 0 Å². The second-order valence-electron chi connectivity index (χ2n) is 8.27. The predicted molar refractivity (Wildman–Crippen MR) is 107 cm³/mol. The van der Waals surface area contributed by atoms with Crippen LogP contribution in [0.5, 0.6) is 0 Å². The van der Waals surface area contributed by atoms with Gasteiger partial charge >= 0.3 is 6.09 Å². The van der Waals surface area contributed by atoms with Crippen molar-refractivity contribution in [3.63, 3.8) is 0 Å². The molecular formula is C21H23FN6O2. The first-order valence-electron chi connectivity index (χ1n) is 9.78. The molecule has 0 saturated heterocycles. The van der Waals surface area contributed by atoms with Gasteiger partial charge in [0.25, 0.3) is 0 Å². The van der Waals surface area contributed by atoms with Gasteiger partial charge in [-0.3, -0.25) is 9.55 Å². The molecule has 30 heavy (non-hydrogen) atoms. The Bertz CT molecular complexity index is 1040. The van der Waals surface area contributed by atoms with E-state index >= 15 is 0 Å². The quantitative estimate of drug-likeness (QED) is 0.706. The van der Waals surface area contributed by atoms with Crippen LogP contribution < -0.4 is 5.32 Å². The molecule has 1 amide bonds. The summed E-state index contributed by atoms with van der Waals surface area (Å²) in [6.07, 6.45) is 5.56. The van der Waals surface area contributed by atoms with Gasteiger partial charge < -0.3 is 10.1 Å². The van der Waals surface area contributed by atoms with Crippen molar-refractivity contribution in [3.05, 3.63) is 54.5 Å². The molecule has 1 saturated carbocycles. The second-order valence-corrected chi connectivity index (χ2v) is 8.27. The first-order chi connectivity index (χ1) is 14.3. The zero-order chi connectivity index (χ0) is 21.3. The van der Waals surface area contributed by atoms with E-state index in [1.165, 1.54) is 6.07 Å². The van der Waals surface area contributed by atoms with Crippen LogP contribution in [0.15, 0.2) is 42.9 Å². The molecule has 8 nitrogen and oxygen atoms in total. The third-order valence-electron chi connectivity index (χ3n) is 4.80. The molecule has 156 valence electrons. The van der Waals surface area contributed by atoms with Crippen LogP contribution in [0.25, 0.3) is 17.2 Å². The third-order valence-corrected chi connectivity index (χ3v) is 4.80. The molecule has 1 aliphatic carbocycles. The lowest BCUT2D eigenvalue weighted by atomic mass is 9.79. The lowest BCUT2D eigenvalue weighted by Crippen LogP contribution is -2.45. The molecule has 0 unspecified atom stereocenters. The number of carbonyl (C=O) groups is 1. The van der Waals surface area contributed by atoms with Crippen LogP contribution in [0.3, 0.4) is 0 Å². The molecule has 0 radical (unpaired) electrons. The first-order valence-corrected chi connectivity index (χ1v) is 9.78. The van der Waals surface area contributed by atoms with Gasteiger partial charge in [0.1, 0.15) is 22.9 Å². The Kier molecular flexibility index (Phi) is 5.19. The van der Waals surface area contributed by atoms with Gasteiger partial charge in [-0.1, -0.05) is 12.1 Å². The second kappa shape index (κ2) is 7.81. The molecule has 9 heteroatoms. The number of amides is 1. The lowest BCUT2D eigenvalue weighted by Gasteiger charge is -2.35. The highest BCUT2D eigenvalue weighted by atomic mass is 19.1. The zero-order valence-electron chi connectivity index (χ0n) is 17.0. The molecule has 0 bridgehead atoms. The van der Waals surface area contributed by atoms with E-state index in [0.29, 0.717) is 35.9 Å². The highest BCUT2D eigenvalue weighted by Crippen LogP contribution is 2.38. The summed E-state index contributed by atoms with van der Waals surface area (Å²) in [7, 11) is 0. The number of nitrogens with zero attached hydrogens (tertiary/aromatic N) is 5. The normalized spacial score (nSPS) is 18.5. The molecule has 3 aromatic rings. The fourth-order valence-corrected chi connectivity index (χ4v) is 3.43. The molecule has 1 aliphatic rings. The van der Waals surface area contributed by atoms with E-state index in [1.807, 2.05) is 20.8 Å². The number of rotatable bonds is 4. The summed E-state index contributed by atoms with van der Waals surface area (Å²) in [5, 5.41) is 11.5. The number of aromatic nitrogens is 5. The summed E-state index contributed by atoms with van der Waals surface area (Å²) < 4.78 is 21.6. The summed E-state index contributed by atoms with van der Waals surface area (Å²) in [6.45, 7) is 5.46. The number of hydrogen-bond acceptors (Lipinski definition) is 6. The maximum absolute atomic E-state index is 14.6. The van der Waals surface area contributed by atoms with Gasteiger partial charge in [-0.05, 0) is 45.7 Å². The Morgan fingerprint density at radius 2 is 1.97 bits per heavy atom. The van der Waals surface area contributed by atoms with Gasteiger partial charge in [0.05, 0.1) is 11.9 Å².